The normalized spacial score (nSPS) is 8.67. The molecule has 0 aliphatic rings. The molecule has 0 fully saturated rings. The Bertz CT molecular complexity index is 87.0. The van der Waals surface area contributed by atoms with E-state index in [-0.39, 0.29) is 6.09 Å². The maximum absolute atomic E-state index is 10.3. The lowest BCUT2D eigenvalue weighted by Gasteiger charge is -2.00. The van der Waals surface area contributed by atoms with E-state index >= 15 is 0 Å². The smallest absolute Gasteiger partial charge is 0.406 e. The van der Waals surface area contributed by atoms with Gasteiger partial charge in [0.25, 0.3) is 0 Å². The Hall–Kier alpha value is -0.380. The molecule has 0 saturated carbocycles. The zero-order chi connectivity index (χ0) is 7.11. The van der Waals surface area contributed by atoms with Crippen molar-refractivity contribution in [3.05, 3.63) is 0 Å². The summed E-state index contributed by atoms with van der Waals surface area (Å²) < 4.78 is 4.63. The summed E-state index contributed by atoms with van der Waals surface area (Å²) in [4.78, 5) is 10.3. The standard InChI is InChI=1S/C5H11NO2S/c1-6-5(7)8-3-2-4-9/h9H,2-4H2,1H3,(H,6,7). The van der Waals surface area contributed by atoms with Crippen LogP contribution < -0.4 is 5.32 Å². The van der Waals surface area contributed by atoms with Gasteiger partial charge in [0.1, 0.15) is 0 Å². The Morgan fingerprint density at radius 3 is 2.89 bits per heavy atom. The fourth-order valence-corrected chi connectivity index (χ4v) is 0.431. The van der Waals surface area contributed by atoms with E-state index in [9.17, 15) is 4.79 Å². The molecule has 0 saturated heterocycles. The van der Waals surface area contributed by atoms with Crippen LogP contribution in [0.15, 0.2) is 0 Å². The summed E-state index contributed by atoms with van der Waals surface area (Å²) in [5.74, 6) is 0.747. The minimum absolute atomic E-state index is 0.378. The van der Waals surface area contributed by atoms with Crippen molar-refractivity contribution >= 4 is 18.7 Å². The van der Waals surface area contributed by atoms with Gasteiger partial charge < -0.3 is 10.1 Å². The van der Waals surface area contributed by atoms with Crippen LogP contribution in [0.2, 0.25) is 0 Å². The fourth-order valence-electron chi connectivity index (χ4n) is 0.302. The number of ether oxygens (including phenoxy) is 1. The second-order valence-electron chi connectivity index (χ2n) is 1.46. The van der Waals surface area contributed by atoms with Crippen LogP contribution in [0.5, 0.6) is 0 Å². The summed E-state index contributed by atoms with van der Waals surface area (Å²) in [6, 6.07) is 0. The molecule has 0 bridgehead atoms. The molecule has 54 valence electrons. The van der Waals surface area contributed by atoms with Crippen molar-refractivity contribution in [2.24, 2.45) is 0 Å². The molecule has 0 aromatic heterocycles. The minimum Gasteiger partial charge on any atom is -0.450 e. The van der Waals surface area contributed by atoms with Gasteiger partial charge in [-0.2, -0.15) is 12.6 Å². The van der Waals surface area contributed by atoms with Crippen LogP contribution in [-0.4, -0.2) is 25.5 Å². The number of hydrogen-bond acceptors (Lipinski definition) is 3. The summed E-state index contributed by atoms with van der Waals surface area (Å²) in [7, 11) is 1.53. The first-order chi connectivity index (χ1) is 4.31. The first-order valence-corrected chi connectivity index (χ1v) is 3.40. The summed E-state index contributed by atoms with van der Waals surface area (Å²) in [5.41, 5.74) is 0. The highest BCUT2D eigenvalue weighted by Gasteiger charge is 1.93. The van der Waals surface area contributed by atoms with E-state index in [4.69, 9.17) is 0 Å². The molecule has 0 heterocycles. The number of amides is 1. The second-order valence-corrected chi connectivity index (χ2v) is 1.91. The van der Waals surface area contributed by atoms with E-state index < -0.39 is 0 Å². The van der Waals surface area contributed by atoms with Crippen molar-refractivity contribution in [3.63, 3.8) is 0 Å². The van der Waals surface area contributed by atoms with Gasteiger partial charge in [0.2, 0.25) is 0 Å². The third-order valence-electron chi connectivity index (χ3n) is 0.740. The van der Waals surface area contributed by atoms with Crippen LogP contribution in [0.25, 0.3) is 0 Å². The van der Waals surface area contributed by atoms with Crippen LogP contribution in [-0.2, 0) is 4.74 Å². The van der Waals surface area contributed by atoms with Gasteiger partial charge in [0, 0.05) is 7.05 Å². The average Bonchev–Trinajstić information content (AvgIpc) is 1.89. The monoisotopic (exact) mass is 149 g/mol. The summed E-state index contributed by atoms with van der Waals surface area (Å²) in [6.07, 6.45) is 0.424. The van der Waals surface area contributed by atoms with Crippen LogP contribution in [0.1, 0.15) is 6.42 Å². The molecule has 4 heteroatoms. The zero-order valence-electron chi connectivity index (χ0n) is 5.39. The Morgan fingerprint density at radius 2 is 2.44 bits per heavy atom. The highest BCUT2D eigenvalue weighted by atomic mass is 32.1. The van der Waals surface area contributed by atoms with Crippen LogP contribution in [0.4, 0.5) is 4.79 Å². The molecule has 0 radical (unpaired) electrons. The molecule has 0 spiro atoms. The maximum Gasteiger partial charge on any atom is 0.406 e. The number of carbonyl (C=O) groups is 1. The van der Waals surface area contributed by atoms with Gasteiger partial charge in [-0.15, -0.1) is 0 Å². The van der Waals surface area contributed by atoms with Crippen LogP contribution in [0, 0.1) is 0 Å². The lowest BCUT2D eigenvalue weighted by atomic mass is 10.5. The Labute approximate surface area is 60.2 Å². The van der Waals surface area contributed by atoms with Crippen molar-refractivity contribution in [2.75, 3.05) is 19.4 Å². The first kappa shape index (κ1) is 8.62. The molecule has 1 amide bonds. The molecular weight excluding hydrogens is 138 g/mol. The van der Waals surface area contributed by atoms with Gasteiger partial charge in [-0.25, -0.2) is 4.79 Å². The van der Waals surface area contributed by atoms with E-state index in [1.54, 1.807) is 0 Å². The van der Waals surface area contributed by atoms with Gasteiger partial charge in [0.05, 0.1) is 6.61 Å². The lowest BCUT2D eigenvalue weighted by molar-refractivity contribution is 0.149. The number of rotatable bonds is 3. The molecule has 3 nitrogen and oxygen atoms in total. The number of alkyl carbamates (subject to hydrolysis) is 1. The van der Waals surface area contributed by atoms with Crippen molar-refractivity contribution in [3.8, 4) is 0 Å². The number of thiol groups is 1. The zero-order valence-corrected chi connectivity index (χ0v) is 6.28. The van der Waals surface area contributed by atoms with Gasteiger partial charge in [-0.3, -0.25) is 0 Å². The highest BCUT2D eigenvalue weighted by molar-refractivity contribution is 7.80. The van der Waals surface area contributed by atoms with Crippen LogP contribution in [0.3, 0.4) is 0 Å². The first-order valence-electron chi connectivity index (χ1n) is 2.76. The average molecular weight is 149 g/mol. The summed E-state index contributed by atoms with van der Waals surface area (Å²) in [5, 5.41) is 2.34. The molecular formula is C5H11NO2S. The van der Waals surface area contributed by atoms with Crippen molar-refractivity contribution < 1.29 is 9.53 Å². The van der Waals surface area contributed by atoms with Crippen molar-refractivity contribution in [2.45, 2.75) is 6.42 Å². The highest BCUT2D eigenvalue weighted by Crippen LogP contribution is 1.85. The molecule has 9 heavy (non-hydrogen) atoms. The van der Waals surface area contributed by atoms with Gasteiger partial charge in [-0.1, -0.05) is 0 Å². The molecule has 0 rings (SSSR count). The predicted molar refractivity (Wildman–Crippen MR) is 38.9 cm³/mol. The van der Waals surface area contributed by atoms with Gasteiger partial charge >= 0.3 is 6.09 Å². The second kappa shape index (κ2) is 5.75. The minimum atomic E-state index is -0.378. The number of carbonyl (C=O) groups excluding carboxylic acids is 1. The Morgan fingerprint density at radius 1 is 1.78 bits per heavy atom. The summed E-state index contributed by atoms with van der Waals surface area (Å²) in [6.45, 7) is 0.448. The SMILES string of the molecule is CNC(=O)OCCCS. The third-order valence-corrected chi connectivity index (χ3v) is 1.06. The number of hydrogen-bond donors (Lipinski definition) is 2. The predicted octanol–water partition coefficient (Wildman–Crippen LogP) is 0.662. The quantitative estimate of drug-likeness (QED) is 0.457. The van der Waals surface area contributed by atoms with E-state index in [2.05, 4.69) is 22.7 Å². The van der Waals surface area contributed by atoms with Gasteiger partial charge in [-0.05, 0) is 12.2 Å². The molecule has 1 N–H and O–H groups in total. The molecule has 0 atom stereocenters. The molecule has 0 aromatic rings. The van der Waals surface area contributed by atoms with Crippen molar-refractivity contribution in [1.29, 1.82) is 0 Å². The Balaban J connectivity index is 2.97. The third kappa shape index (κ3) is 5.49. The lowest BCUT2D eigenvalue weighted by Crippen LogP contribution is -2.19. The number of nitrogens with one attached hydrogen (secondary N) is 1. The molecule has 0 unspecified atom stereocenters. The largest absolute Gasteiger partial charge is 0.450 e. The summed E-state index contributed by atoms with van der Waals surface area (Å²) >= 11 is 3.94. The van der Waals surface area contributed by atoms with E-state index in [1.165, 1.54) is 7.05 Å². The van der Waals surface area contributed by atoms with E-state index in [0.29, 0.717) is 6.61 Å². The van der Waals surface area contributed by atoms with Gasteiger partial charge in [0.15, 0.2) is 0 Å². The fraction of sp³-hybridized carbons (Fsp3) is 0.800. The Kier molecular flexibility index (Phi) is 5.51. The van der Waals surface area contributed by atoms with Crippen LogP contribution >= 0.6 is 12.6 Å². The maximum atomic E-state index is 10.3. The van der Waals surface area contributed by atoms with E-state index in [1.807, 2.05) is 0 Å². The topological polar surface area (TPSA) is 38.3 Å². The molecule has 0 aromatic carbocycles. The molecule has 0 aliphatic carbocycles. The van der Waals surface area contributed by atoms with E-state index in [0.717, 1.165) is 12.2 Å². The molecule has 0 aliphatic heterocycles. The van der Waals surface area contributed by atoms with Crippen molar-refractivity contribution in [1.82, 2.24) is 5.32 Å².